The largest absolute Gasteiger partial charge is 0.469 e. The lowest BCUT2D eigenvalue weighted by Crippen LogP contribution is -2.57. The van der Waals surface area contributed by atoms with Gasteiger partial charge >= 0.3 is 5.97 Å². The predicted molar refractivity (Wildman–Crippen MR) is 83.9 cm³/mol. The first-order chi connectivity index (χ1) is 9.71. The molecule has 0 atom stereocenters. The van der Waals surface area contributed by atoms with Crippen LogP contribution in [0.15, 0.2) is 5.38 Å². The van der Waals surface area contributed by atoms with E-state index in [1.807, 2.05) is 5.38 Å². The van der Waals surface area contributed by atoms with E-state index in [0.717, 1.165) is 23.9 Å². The first-order valence-electron chi connectivity index (χ1n) is 7.17. The van der Waals surface area contributed by atoms with Gasteiger partial charge in [-0.05, 0) is 27.7 Å². The second-order valence-electron chi connectivity index (χ2n) is 6.68. The van der Waals surface area contributed by atoms with Gasteiger partial charge in [0, 0.05) is 24.9 Å². The molecule has 0 saturated carbocycles. The average Bonchev–Trinajstić information content (AvgIpc) is 2.81. The van der Waals surface area contributed by atoms with E-state index in [-0.39, 0.29) is 17.2 Å². The van der Waals surface area contributed by atoms with Gasteiger partial charge in [0.2, 0.25) is 0 Å². The van der Waals surface area contributed by atoms with Crippen molar-refractivity contribution in [3.63, 3.8) is 0 Å². The normalized spacial score (nSPS) is 20.3. The van der Waals surface area contributed by atoms with Crippen LogP contribution in [0.4, 0.5) is 5.13 Å². The molecule has 2 rings (SSSR count). The molecule has 1 aromatic rings. The molecule has 0 spiro atoms. The molecular weight excluding hydrogens is 288 g/mol. The highest BCUT2D eigenvalue weighted by atomic mass is 32.1. The topological polar surface area (TPSA) is 51.7 Å². The van der Waals surface area contributed by atoms with Crippen LogP contribution in [-0.2, 0) is 20.7 Å². The van der Waals surface area contributed by atoms with E-state index in [2.05, 4.69) is 42.3 Å². The number of rotatable bonds is 4. The Labute approximate surface area is 130 Å². The van der Waals surface area contributed by atoms with Crippen molar-refractivity contribution in [2.45, 2.75) is 51.7 Å². The Morgan fingerprint density at radius 3 is 2.57 bits per heavy atom. The number of aromatic nitrogens is 1. The van der Waals surface area contributed by atoms with Crippen molar-refractivity contribution in [1.29, 1.82) is 0 Å². The lowest BCUT2D eigenvalue weighted by molar-refractivity contribution is -0.140. The molecular formula is C15H24N2O3S. The van der Waals surface area contributed by atoms with Gasteiger partial charge in [-0.1, -0.05) is 0 Å². The van der Waals surface area contributed by atoms with Gasteiger partial charge in [0.05, 0.1) is 30.4 Å². The third kappa shape index (κ3) is 4.41. The number of esters is 1. The monoisotopic (exact) mass is 312 g/mol. The van der Waals surface area contributed by atoms with Gasteiger partial charge in [-0.3, -0.25) is 4.79 Å². The van der Waals surface area contributed by atoms with Gasteiger partial charge in [0.25, 0.3) is 0 Å². The molecule has 6 heteroatoms. The fraction of sp³-hybridized carbons (Fsp3) is 0.733. The number of aryl methyl sites for hydroxylation is 1. The van der Waals surface area contributed by atoms with Crippen LogP contribution in [-0.4, -0.2) is 42.4 Å². The van der Waals surface area contributed by atoms with Gasteiger partial charge in [0.15, 0.2) is 5.13 Å². The highest BCUT2D eigenvalue weighted by Crippen LogP contribution is 2.32. The summed E-state index contributed by atoms with van der Waals surface area (Å²) in [5, 5.41) is 3.02. The van der Waals surface area contributed by atoms with Crippen LogP contribution in [0, 0.1) is 0 Å². The van der Waals surface area contributed by atoms with E-state index in [0.29, 0.717) is 12.8 Å². The maximum Gasteiger partial charge on any atom is 0.305 e. The Hall–Kier alpha value is -1.14. The maximum atomic E-state index is 11.2. The number of morpholine rings is 1. The van der Waals surface area contributed by atoms with E-state index in [1.54, 1.807) is 11.3 Å². The number of carbonyl (C=O) groups excluding carboxylic acids is 1. The summed E-state index contributed by atoms with van der Waals surface area (Å²) < 4.78 is 10.7. The Bertz CT molecular complexity index is 495. The van der Waals surface area contributed by atoms with Crippen molar-refractivity contribution in [2.75, 3.05) is 25.1 Å². The molecule has 0 aromatic carbocycles. The number of hydrogen-bond donors (Lipinski definition) is 0. The lowest BCUT2D eigenvalue weighted by atomic mass is 9.99. The zero-order chi connectivity index (χ0) is 15.7. The number of carbonyl (C=O) groups is 1. The number of ether oxygens (including phenoxy) is 2. The fourth-order valence-electron chi connectivity index (χ4n) is 2.81. The van der Waals surface area contributed by atoms with Crippen molar-refractivity contribution in [3.05, 3.63) is 11.1 Å². The molecule has 21 heavy (non-hydrogen) atoms. The summed E-state index contributed by atoms with van der Waals surface area (Å²) in [6.07, 6.45) is 1.00. The molecule has 1 saturated heterocycles. The molecule has 0 N–H and O–H groups in total. The summed E-state index contributed by atoms with van der Waals surface area (Å²) in [7, 11) is 1.41. The van der Waals surface area contributed by atoms with Crippen molar-refractivity contribution >= 4 is 22.4 Å². The van der Waals surface area contributed by atoms with Crippen molar-refractivity contribution in [3.8, 4) is 0 Å². The molecule has 0 unspecified atom stereocenters. The molecule has 0 radical (unpaired) electrons. The van der Waals surface area contributed by atoms with E-state index < -0.39 is 0 Å². The molecule has 118 valence electrons. The highest BCUT2D eigenvalue weighted by molar-refractivity contribution is 7.13. The lowest BCUT2D eigenvalue weighted by Gasteiger charge is -2.47. The molecule has 1 fully saturated rings. The zero-order valence-corrected chi connectivity index (χ0v) is 14.2. The number of thiazole rings is 1. The molecule has 2 heterocycles. The Kier molecular flexibility index (Phi) is 4.58. The standard InChI is InChI=1S/C15H24N2O3S/c1-14(2)9-17(10-15(3,4)20-14)13-16-11(8-21-13)6-7-12(18)19-5/h8H,6-7,9-10H2,1-5H3. The minimum Gasteiger partial charge on any atom is -0.469 e. The van der Waals surface area contributed by atoms with E-state index in [4.69, 9.17) is 4.74 Å². The van der Waals surface area contributed by atoms with Crippen molar-refractivity contribution in [2.24, 2.45) is 0 Å². The summed E-state index contributed by atoms with van der Waals surface area (Å²) in [6, 6.07) is 0. The Morgan fingerprint density at radius 2 is 2.00 bits per heavy atom. The van der Waals surface area contributed by atoms with E-state index in [1.165, 1.54) is 7.11 Å². The van der Waals surface area contributed by atoms with Crippen LogP contribution in [0.5, 0.6) is 0 Å². The second-order valence-corrected chi connectivity index (χ2v) is 7.51. The van der Waals surface area contributed by atoms with Crippen molar-refractivity contribution in [1.82, 2.24) is 4.98 Å². The maximum absolute atomic E-state index is 11.2. The quantitative estimate of drug-likeness (QED) is 0.800. The minimum absolute atomic E-state index is 0.195. The smallest absolute Gasteiger partial charge is 0.305 e. The summed E-state index contributed by atoms with van der Waals surface area (Å²) in [6.45, 7) is 10.1. The average molecular weight is 312 g/mol. The van der Waals surface area contributed by atoms with Gasteiger partial charge in [-0.25, -0.2) is 4.98 Å². The number of methoxy groups -OCH3 is 1. The molecule has 1 aliphatic heterocycles. The summed E-state index contributed by atoms with van der Waals surface area (Å²) in [4.78, 5) is 18.1. The summed E-state index contributed by atoms with van der Waals surface area (Å²) >= 11 is 1.62. The highest BCUT2D eigenvalue weighted by Gasteiger charge is 2.39. The van der Waals surface area contributed by atoms with Crippen LogP contribution in [0.25, 0.3) is 0 Å². The van der Waals surface area contributed by atoms with Crippen LogP contribution >= 0.6 is 11.3 Å². The summed E-state index contributed by atoms with van der Waals surface area (Å²) in [5.41, 5.74) is 0.557. The van der Waals surface area contributed by atoms with Gasteiger partial charge < -0.3 is 14.4 Å². The Balaban J connectivity index is 2.05. The number of anilines is 1. The predicted octanol–water partition coefficient (Wildman–Crippen LogP) is 2.64. The van der Waals surface area contributed by atoms with E-state index in [9.17, 15) is 4.79 Å². The first kappa shape index (κ1) is 16.2. The van der Waals surface area contributed by atoms with Crippen LogP contribution < -0.4 is 4.90 Å². The molecule has 1 aliphatic rings. The Morgan fingerprint density at radius 1 is 1.38 bits per heavy atom. The molecule has 0 bridgehead atoms. The molecule has 1 aromatic heterocycles. The number of hydrogen-bond acceptors (Lipinski definition) is 6. The second kappa shape index (κ2) is 5.93. The van der Waals surface area contributed by atoms with Gasteiger partial charge in [-0.15, -0.1) is 11.3 Å². The van der Waals surface area contributed by atoms with Gasteiger partial charge in [0.1, 0.15) is 0 Å². The van der Waals surface area contributed by atoms with Crippen LogP contribution in [0.1, 0.15) is 39.8 Å². The van der Waals surface area contributed by atoms with Crippen LogP contribution in [0.2, 0.25) is 0 Å². The molecule has 0 aliphatic carbocycles. The zero-order valence-electron chi connectivity index (χ0n) is 13.4. The SMILES string of the molecule is COC(=O)CCc1csc(N2CC(C)(C)OC(C)(C)C2)n1. The third-order valence-corrected chi connectivity index (χ3v) is 4.27. The number of nitrogens with zero attached hydrogens (tertiary/aromatic N) is 2. The third-order valence-electron chi connectivity index (χ3n) is 3.32. The molecule has 5 nitrogen and oxygen atoms in total. The molecule has 0 amide bonds. The van der Waals surface area contributed by atoms with Crippen molar-refractivity contribution < 1.29 is 14.3 Å². The summed E-state index contributed by atoms with van der Waals surface area (Å²) in [5.74, 6) is -0.196. The minimum atomic E-state index is -0.196. The van der Waals surface area contributed by atoms with E-state index >= 15 is 0 Å². The fourth-order valence-corrected chi connectivity index (χ4v) is 3.67. The van der Waals surface area contributed by atoms with Gasteiger partial charge in [-0.2, -0.15) is 0 Å². The van der Waals surface area contributed by atoms with Crippen LogP contribution in [0.3, 0.4) is 0 Å². The first-order valence-corrected chi connectivity index (χ1v) is 8.05.